The van der Waals surface area contributed by atoms with Crippen LogP contribution in [0, 0.1) is 12.3 Å². The molecule has 6 atom stereocenters. The number of ether oxygens (including phenoxy) is 1. The Hall–Kier alpha value is 0.280. The van der Waals surface area contributed by atoms with Crippen LogP contribution in [-0.2, 0) is 4.74 Å². The summed E-state index contributed by atoms with van der Waals surface area (Å²) < 4.78 is 6.09. The highest BCUT2D eigenvalue weighted by Gasteiger charge is 2.36. The quantitative estimate of drug-likeness (QED) is 0.576. The molecule has 2 nitrogen and oxygen atoms in total. The van der Waals surface area contributed by atoms with Crippen molar-refractivity contribution in [3.05, 3.63) is 12.2 Å². The molecule has 1 heterocycles. The molecular weight excluding hydrogens is 363 g/mol. The second kappa shape index (κ2) is 9.33. The number of terminal acetylenes is 1. The van der Waals surface area contributed by atoms with Crippen LogP contribution in [0.3, 0.4) is 0 Å². The number of aliphatic hydroxyl groups excluding tert-OH is 1. The van der Waals surface area contributed by atoms with Crippen molar-refractivity contribution >= 4 is 39.1 Å². The molecule has 1 fully saturated rings. The minimum absolute atomic E-state index is 0.0818. The zero-order chi connectivity index (χ0) is 15.1. The van der Waals surface area contributed by atoms with Crippen LogP contribution in [0.4, 0.5) is 0 Å². The van der Waals surface area contributed by atoms with E-state index in [0.717, 1.165) is 6.42 Å². The molecular formula is C15H21BrCl2O2. The fourth-order valence-corrected chi connectivity index (χ4v) is 3.13. The maximum atomic E-state index is 10.1. The van der Waals surface area contributed by atoms with Gasteiger partial charge in [0.1, 0.15) is 0 Å². The van der Waals surface area contributed by atoms with Crippen LogP contribution in [-0.4, -0.2) is 39.0 Å². The Morgan fingerprint density at radius 3 is 2.80 bits per heavy atom. The van der Waals surface area contributed by atoms with Crippen molar-refractivity contribution in [3.63, 3.8) is 0 Å². The molecule has 0 radical (unpaired) electrons. The summed E-state index contributed by atoms with van der Waals surface area (Å²) in [5, 5.41) is 9.53. The van der Waals surface area contributed by atoms with E-state index in [-0.39, 0.29) is 27.8 Å². The summed E-state index contributed by atoms with van der Waals surface area (Å²) in [6, 6.07) is 0. The second-order valence-electron chi connectivity index (χ2n) is 5.01. The zero-order valence-electron chi connectivity index (χ0n) is 11.5. The van der Waals surface area contributed by atoms with Gasteiger partial charge in [0, 0.05) is 11.2 Å². The molecule has 0 bridgehead atoms. The lowest BCUT2D eigenvalue weighted by Crippen LogP contribution is -2.33. The van der Waals surface area contributed by atoms with Gasteiger partial charge in [-0.15, -0.1) is 29.6 Å². The molecule has 0 aromatic heterocycles. The minimum atomic E-state index is -0.566. The maximum Gasteiger partial charge on any atom is 0.0761 e. The van der Waals surface area contributed by atoms with Gasteiger partial charge in [0.2, 0.25) is 0 Å². The van der Waals surface area contributed by atoms with Crippen LogP contribution in [0.25, 0.3) is 0 Å². The molecule has 5 heteroatoms. The van der Waals surface area contributed by atoms with Gasteiger partial charge in [0.25, 0.3) is 0 Å². The van der Waals surface area contributed by atoms with Gasteiger partial charge in [-0.05, 0) is 25.3 Å². The number of halogens is 3. The molecule has 0 aromatic rings. The summed E-state index contributed by atoms with van der Waals surface area (Å²) in [4.78, 5) is 0.187. The van der Waals surface area contributed by atoms with E-state index < -0.39 is 6.10 Å². The third-order valence-electron chi connectivity index (χ3n) is 3.47. The number of hydrogen-bond donors (Lipinski definition) is 1. The molecule has 20 heavy (non-hydrogen) atoms. The number of hydrogen-bond acceptors (Lipinski definition) is 2. The molecule has 1 rings (SSSR count). The van der Waals surface area contributed by atoms with E-state index in [0.29, 0.717) is 19.3 Å². The first-order valence-electron chi connectivity index (χ1n) is 6.86. The van der Waals surface area contributed by atoms with Crippen molar-refractivity contribution in [1.82, 2.24) is 0 Å². The van der Waals surface area contributed by atoms with Crippen molar-refractivity contribution in [2.75, 3.05) is 0 Å². The summed E-state index contributed by atoms with van der Waals surface area (Å²) in [6.45, 7) is 2.07. The molecule has 0 aliphatic carbocycles. The Labute approximate surface area is 140 Å². The van der Waals surface area contributed by atoms with Gasteiger partial charge >= 0.3 is 0 Å². The fraction of sp³-hybridized carbons (Fsp3) is 0.733. The van der Waals surface area contributed by atoms with Gasteiger partial charge in [0.15, 0.2) is 0 Å². The molecule has 1 aliphatic heterocycles. The smallest absolute Gasteiger partial charge is 0.0761 e. The average Bonchev–Trinajstić information content (AvgIpc) is 2.58. The summed E-state index contributed by atoms with van der Waals surface area (Å²) in [7, 11) is 0. The van der Waals surface area contributed by atoms with E-state index >= 15 is 0 Å². The van der Waals surface area contributed by atoms with Gasteiger partial charge < -0.3 is 9.84 Å². The van der Waals surface area contributed by atoms with Crippen molar-refractivity contribution in [2.24, 2.45) is 0 Å². The molecule has 1 saturated heterocycles. The third-order valence-corrected chi connectivity index (χ3v) is 5.64. The molecule has 0 aromatic carbocycles. The van der Waals surface area contributed by atoms with Crippen LogP contribution in [0.1, 0.15) is 32.6 Å². The highest BCUT2D eigenvalue weighted by atomic mass is 79.9. The molecule has 1 aliphatic rings. The molecule has 114 valence electrons. The lowest BCUT2D eigenvalue weighted by atomic mass is 10.0. The summed E-state index contributed by atoms with van der Waals surface area (Å²) >= 11 is 16.2. The molecule has 0 unspecified atom stereocenters. The van der Waals surface area contributed by atoms with Crippen LogP contribution < -0.4 is 0 Å². The fourth-order valence-electron chi connectivity index (χ4n) is 2.25. The number of alkyl halides is 3. The van der Waals surface area contributed by atoms with E-state index in [2.05, 4.69) is 28.8 Å². The summed E-state index contributed by atoms with van der Waals surface area (Å²) in [5.74, 6) is 2.44. The average molecular weight is 384 g/mol. The topological polar surface area (TPSA) is 29.5 Å². The molecule has 1 N–H and O–H groups in total. The predicted octanol–water partition coefficient (Wildman–Crippen LogP) is 3.86. The highest BCUT2D eigenvalue weighted by molar-refractivity contribution is 9.09. The summed E-state index contributed by atoms with van der Waals surface area (Å²) in [6.07, 6.45) is 10.4. The van der Waals surface area contributed by atoms with Gasteiger partial charge in [-0.2, -0.15) is 0 Å². The normalized spacial score (nSPS) is 34.4. The van der Waals surface area contributed by atoms with E-state index in [1.807, 2.05) is 6.08 Å². The zero-order valence-corrected chi connectivity index (χ0v) is 14.6. The Balaban J connectivity index is 2.73. The number of allylic oxidation sites excluding steroid dienone is 2. The SMILES string of the molecule is C#C/C=C\C[C@@H](Cl)[C@H]1C[C@H](Cl)[C@@H](O)C[C@H]([C@H](Br)CC)O1. The second-order valence-corrected chi connectivity index (χ2v) is 7.31. The first-order chi connectivity index (χ1) is 9.49. The van der Waals surface area contributed by atoms with Crippen LogP contribution in [0.15, 0.2) is 12.2 Å². The largest absolute Gasteiger partial charge is 0.391 e. The Bertz CT molecular complexity index is 356. The van der Waals surface area contributed by atoms with E-state index in [1.165, 1.54) is 0 Å². The standard InChI is InChI=1S/C15H21BrCl2O2/c1-3-5-6-7-11(17)15-8-12(18)13(19)9-14(20-15)10(16)4-2/h1,5-6,10-15,19H,4,7-9H2,2H3/b6-5-/t10-,11-,12+,13+,14-,15-/m1/s1. The van der Waals surface area contributed by atoms with Crippen LogP contribution in [0.5, 0.6) is 0 Å². The van der Waals surface area contributed by atoms with Gasteiger partial charge in [0.05, 0.1) is 29.1 Å². The van der Waals surface area contributed by atoms with Crippen LogP contribution >= 0.6 is 39.1 Å². The van der Waals surface area contributed by atoms with Crippen molar-refractivity contribution < 1.29 is 9.84 Å². The Morgan fingerprint density at radius 2 is 2.20 bits per heavy atom. The first kappa shape index (κ1) is 18.3. The van der Waals surface area contributed by atoms with Gasteiger partial charge in [-0.3, -0.25) is 0 Å². The molecule has 0 saturated carbocycles. The minimum Gasteiger partial charge on any atom is -0.391 e. The van der Waals surface area contributed by atoms with E-state index in [4.69, 9.17) is 34.4 Å². The van der Waals surface area contributed by atoms with E-state index in [9.17, 15) is 5.11 Å². The Morgan fingerprint density at radius 1 is 1.50 bits per heavy atom. The van der Waals surface area contributed by atoms with Crippen molar-refractivity contribution in [1.29, 1.82) is 0 Å². The first-order valence-corrected chi connectivity index (χ1v) is 8.65. The maximum absolute atomic E-state index is 10.1. The predicted molar refractivity (Wildman–Crippen MR) is 88.8 cm³/mol. The highest BCUT2D eigenvalue weighted by Crippen LogP contribution is 2.31. The van der Waals surface area contributed by atoms with Crippen LogP contribution in [0.2, 0.25) is 0 Å². The van der Waals surface area contributed by atoms with Gasteiger partial charge in [-0.25, -0.2) is 0 Å². The third kappa shape index (κ3) is 5.58. The number of aliphatic hydroxyl groups is 1. The summed E-state index contributed by atoms with van der Waals surface area (Å²) in [5.41, 5.74) is 0. The molecule has 0 amide bonds. The van der Waals surface area contributed by atoms with Crippen molar-refractivity contribution in [2.45, 2.75) is 66.5 Å². The van der Waals surface area contributed by atoms with E-state index in [1.54, 1.807) is 6.08 Å². The molecule has 0 spiro atoms. The lowest BCUT2D eigenvalue weighted by molar-refractivity contribution is -0.0159. The van der Waals surface area contributed by atoms with Crippen molar-refractivity contribution in [3.8, 4) is 12.3 Å². The van der Waals surface area contributed by atoms with Gasteiger partial charge in [-0.1, -0.05) is 34.9 Å². The number of rotatable bonds is 5. The lowest BCUT2D eigenvalue weighted by Gasteiger charge is -2.27. The monoisotopic (exact) mass is 382 g/mol. The Kier molecular flexibility index (Phi) is 8.55.